The lowest BCUT2D eigenvalue weighted by molar-refractivity contribution is -0.123. The minimum atomic E-state index is -0.177. The fraction of sp³-hybridized carbons (Fsp3) is 0.188. The number of carbonyl (C=O) groups is 1. The Labute approximate surface area is 133 Å². The molecule has 2 rings (SSSR count). The van der Waals surface area contributed by atoms with Crippen molar-refractivity contribution in [1.29, 1.82) is 0 Å². The highest BCUT2D eigenvalue weighted by Gasteiger charge is 2.05. The van der Waals surface area contributed by atoms with Crippen LogP contribution < -0.4 is 10.1 Å². The molecule has 0 aliphatic heterocycles. The van der Waals surface area contributed by atoms with Gasteiger partial charge in [0.15, 0.2) is 6.61 Å². The molecule has 5 heteroatoms. The van der Waals surface area contributed by atoms with Crippen molar-refractivity contribution in [3.8, 4) is 5.75 Å². The van der Waals surface area contributed by atoms with Gasteiger partial charge < -0.3 is 10.1 Å². The number of rotatable bonds is 6. The number of halogens is 2. The zero-order valence-electron chi connectivity index (χ0n) is 11.3. The molecular formula is C16H15Cl2NO2. The second-order valence-corrected chi connectivity index (χ2v) is 5.29. The molecule has 110 valence electrons. The van der Waals surface area contributed by atoms with Crippen LogP contribution in [0.25, 0.3) is 0 Å². The van der Waals surface area contributed by atoms with Gasteiger partial charge in [-0.05, 0) is 36.2 Å². The molecule has 0 unspecified atom stereocenters. The highest BCUT2D eigenvalue weighted by Crippen LogP contribution is 2.22. The SMILES string of the molecule is O=C(COc1ccccc1Cl)NCCc1ccc(Cl)cc1. The van der Waals surface area contributed by atoms with E-state index in [1.165, 1.54) is 0 Å². The summed E-state index contributed by atoms with van der Waals surface area (Å²) in [6.45, 7) is 0.497. The fourth-order valence-corrected chi connectivity index (χ4v) is 2.07. The molecule has 1 amide bonds. The Bertz CT molecular complexity index is 599. The fourth-order valence-electron chi connectivity index (χ4n) is 1.75. The number of amides is 1. The summed E-state index contributed by atoms with van der Waals surface area (Å²) in [6, 6.07) is 14.6. The maximum atomic E-state index is 11.7. The van der Waals surface area contributed by atoms with Crippen LogP contribution in [0.5, 0.6) is 5.75 Å². The normalized spacial score (nSPS) is 10.2. The molecule has 21 heavy (non-hydrogen) atoms. The predicted octanol–water partition coefficient (Wildman–Crippen LogP) is 3.73. The Balaban J connectivity index is 1.70. The average Bonchev–Trinajstić information content (AvgIpc) is 2.48. The largest absolute Gasteiger partial charge is 0.482 e. The first-order valence-electron chi connectivity index (χ1n) is 6.53. The predicted molar refractivity (Wildman–Crippen MR) is 85.1 cm³/mol. The maximum absolute atomic E-state index is 11.7. The lowest BCUT2D eigenvalue weighted by atomic mass is 10.1. The molecule has 1 N–H and O–H groups in total. The van der Waals surface area contributed by atoms with E-state index in [1.54, 1.807) is 24.3 Å². The summed E-state index contributed by atoms with van der Waals surface area (Å²) in [4.78, 5) is 11.7. The number of benzene rings is 2. The molecule has 0 aliphatic rings. The number of ether oxygens (including phenoxy) is 1. The highest BCUT2D eigenvalue weighted by atomic mass is 35.5. The van der Waals surface area contributed by atoms with Crippen molar-refractivity contribution in [1.82, 2.24) is 5.32 Å². The van der Waals surface area contributed by atoms with Gasteiger partial charge in [-0.25, -0.2) is 0 Å². The van der Waals surface area contributed by atoms with Crippen LogP contribution in [0, 0.1) is 0 Å². The lowest BCUT2D eigenvalue weighted by Gasteiger charge is -2.08. The third kappa shape index (κ3) is 5.29. The summed E-state index contributed by atoms with van der Waals surface area (Å²) in [7, 11) is 0. The maximum Gasteiger partial charge on any atom is 0.257 e. The lowest BCUT2D eigenvalue weighted by Crippen LogP contribution is -2.30. The van der Waals surface area contributed by atoms with Crippen LogP contribution in [0.1, 0.15) is 5.56 Å². The van der Waals surface area contributed by atoms with Gasteiger partial charge in [-0.15, -0.1) is 0 Å². The zero-order valence-corrected chi connectivity index (χ0v) is 12.8. The number of para-hydroxylation sites is 1. The molecule has 0 heterocycles. The molecule has 2 aromatic carbocycles. The van der Waals surface area contributed by atoms with Crippen LogP contribution in [0.15, 0.2) is 48.5 Å². The number of carbonyl (C=O) groups excluding carboxylic acids is 1. The van der Waals surface area contributed by atoms with E-state index in [0.29, 0.717) is 22.3 Å². The van der Waals surface area contributed by atoms with Gasteiger partial charge in [0.2, 0.25) is 0 Å². The molecule has 0 saturated carbocycles. The van der Waals surface area contributed by atoms with Crippen molar-refractivity contribution < 1.29 is 9.53 Å². The molecule has 0 fully saturated rings. The zero-order chi connectivity index (χ0) is 15.1. The number of hydrogen-bond acceptors (Lipinski definition) is 2. The van der Waals surface area contributed by atoms with Crippen LogP contribution in [0.4, 0.5) is 0 Å². The quantitative estimate of drug-likeness (QED) is 0.879. The Hall–Kier alpha value is -1.71. The van der Waals surface area contributed by atoms with Crippen molar-refractivity contribution in [2.24, 2.45) is 0 Å². The second kappa shape index (κ2) is 7.91. The molecule has 0 bridgehead atoms. The molecule has 0 atom stereocenters. The first-order valence-corrected chi connectivity index (χ1v) is 7.29. The van der Waals surface area contributed by atoms with E-state index in [-0.39, 0.29) is 12.5 Å². The van der Waals surface area contributed by atoms with Crippen LogP contribution in [0.2, 0.25) is 10.0 Å². The molecule has 0 spiro atoms. The van der Waals surface area contributed by atoms with Crippen LogP contribution in [-0.4, -0.2) is 19.1 Å². The van der Waals surface area contributed by atoms with Gasteiger partial charge in [0, 0.05) is 11.6 Å². The minimum absolute atomic E-state index is 0.0512. The van der Waals surface area contributed by atoms with Gasteiger partial charge in [0.05, 0.1) is 5.02 Å². The van der Waals surface area contributed by atoms with Crippen LogP contribution >= 0.6 is 23.2 Å². The third-order valence-electron chi connectivity index (χ3n) is 2.84. The van der Waals surface area contributed by atoms with E-state index in [0.717, 1.165) is 12.0 Å². The third-order valence-corrected chi connectivity index (χ3v) is 3.41. The van der Waals surface area contributed by atoms with Gasteiger partial charge in [-0.1, -0.05) is 47.5 Å². The van der Waals surface area contributed by atoms with Gasteiger partial charge >= 0.3 is 0 Å². The molecule has 0 radical (unpaired) electrons. The van der Waals surface area contributed by atoms with E-state index in [2.05, 4.69) is 5.32 Å². The number of hydrogen-bond donors (Lipinski definition) is 1. The molecule has 0 aromatic heterocycles. The minimum Gasteiger partial charge on any atom is -0.482 e. The average molecular weight is 324 g/mol. The molecular weight excluding hydrogens is 309 g/mol. The van der Waals surface area contributed by atoms with E-state index in [4.69, 9.17) is 27.9 Å². The molecule has 0 saturated heterocycles. The summed E-state index contributed by atoms with van der Waals surface area (Å²) in [5.74, 6) is 0.330. The van der Waals surface area contributed by atoms with Crippen molar-refractivity contribution in [2.75, 3.05) is 13.2 Å². The molecule has 2 aromatic rings. The Morgan fingerprint density at radius 1 is 1.05 bits per heavy atom. The van der Waals surface area contributed by atoms with Crippen molar-refractivity contribution >= 4 is 29.1 Å². The Morgan fingerprint density at radius 2 is 1.76 bits per heavy atom. The van der Waals surface area contributed by atoms with Gasteiger partial charge in [-0.2, -0.15) is 0 Å². The van der Waals surface area contributed by atoms with E-state index in [1.807, 2.05) is 24.3 Å². The summed E-state index contributed by atoms with van der Waals surface area (Å²) >= 11 is 11.7. The van der Waals surface area contributed by atoms with E-state index < -0.39 is 0 Å². The Morgan fingerprint density at radius 3 is 2.48 bits per heavy atom. The smallest absolute Gasteiger partial charge is 0.257 e. The van der Waals surface area contributed by atoms with Crippen molar-refractivity contribution in [2.45, 2.75) is 6.42 Å². The standard InChI is InChI=1S/C16H15Cl2NO2/c17-13-7-5-12(6-8-13)9-10-19-16(20)11-21-15-4-2-1-3-14(15)18/h1-8H,9-11H2,(H,19,20). The van der Waals surface area contributed by atoms with Crippen molar-refractivity contribution in [3.05, 3.63) is 64.1 Å². The summed E-state index contributed by atoms with van der Waals surface area (Å²) in [5, 5.41) is 3.99. The summed E-state index contributed by atoms with van der Waals surface area (Å²) < 4.78 is 5.36. The molecule has 0 aliphatic carbocycles. The van der Waals surface area contributed by atoms with Crippen molar-refractivity contribution in [3.63, 3.8) is 0 Å². The van der Waals surface area contributed by atoms with Gasteiger partial charge in [-0.3, -0.25) is 4.79 Å². The van der Waals surface area contributed by atoms with Gasteiger partial charge in [0.1, 0.15) is 5.75 Å². The molecule has 3 nitrogen and oxygen atoms in total. The first kappa shape index (κ1) is 15.7. The van der Waals surface area contributed by atoms with E-state index >= 15 is 0 Å². The first-order chi connectivity index (χ1) is 10.1. The second-order valence-electron chi connectivity index (χ2n) is 4.45. The monoisotopic (exact) mass is 323 g/mol. The van der Waals surface area contributed by atoms with E-state index in [9.17, 15) is 4.79 Å². The summed E-state index contributed by atoms with van der Waals surface area (Å²) in [6.07, 6.45) is 0.745. The number of nitrogens with one attached hydrogen (secondary N) is 1. The highest BCUT2D eigenvalue weighted by molar-refractivity contribution is 6.32. The summed E-state index contributed by atoms with van der Waals surface area (Å²) in [5.41, 5.74) is 1.12. The van der Waals surface area contributed by atoms with Crippen LogP contribution in [-0.2, 0) is 11.2 Å². The topological polar surface area (TPSA) is 38.3 Å². The van der Waals surface area contributed by atoms with Gasteiger partial charge in [0.25, 0.3) is 5.91 Å². The van der Waals surface area contributed by atoms with Crippen LogP contribution in [0.3, 0.4) is 0 Å². The Kier molecular flexibility index (Phi) is 5.90.